The quantitative estimate of drug-likeness (QED) is 0.674. The molecule has 1 aliphatic heterocycles. The molecule has 0 spiro atoms. The van der Waals surface area contributed by atoms with E-state index in [1.54, 1.807) is 31.2 Å². The average Bonchev–Trinajstić information content (AvgIpc) is 2.87. The van der Waals surface area contributed by atoms with Gasteiger partial charge in [-0.05, 0) is 82.4 Å². The molecule has 0 atom stereocenters. The van der Waals surface area contributed by atoms with E-state index in [0.717, 1.165) is 16.6 Å². The van der Waals surface area contributed by atoms with Gasteiger partial charge in [-0.3, -0.25) is 4.79 Å². The smallest absolute Gasteiger partial charge is 0.399 e. The van der Waals surface area contributed by atoms with E-state index in [4.69, 9.17) is 15.0 Å². The Bertz CT molecular complexity index is 971. The zero-order chi connectivity index (χ0) is 22.3. The monoisotopic (exact) mass is 409 g/mol. The summed E-state index contributed by atoms with van der Waals surface area (Å²) in [5.74, 6) is -0.492. The lowest BCUT2D eigenvalue weighted by Crippen LogP contribution is -2.41. The van der Waals surface area contributed by atoms with Gasteiger partial charge in [0.2, 0.25) is 5.91 Å². The first kappa shape index (κ1) is 21.9. The molecule has 0 unspecified atom stereocenters. The summed E-state index contributed by atoms with van der Waals surface area (Å²) in [6.07, 6.45) is 0. The van der Waals surface area contributed by atoms with E-state index in [9.17, 15) is 9.59 Å². The highest BCUT2D eigenvalue weighted by molar-refractivity contribution is 6.62. The maximum atomic E-state index is 12.4. The van der Waals surface area contributed by atoms with Crippen molar-refractivity contribution in [1.82, 2.24) is 0 Å². The van der Waals surface area contributed by atoms with Gasteiger partial charge >= 0.3 is 13.1 Å². The van der Waals surface area contributed by atoms with Crippen LogP contribution in [0.25, 0.3) is 0 Å². The Morgan fingerprint density at radius 3 is 1.97 bits per heavy atom. The summed E-state index contributed by atoms with van der Waals surface area (Å²) in [6, 6.07) is 10.2. The fraction of sp³-hybridized carbons (Fsp3) is 0.364. The van der Waals surface area contributed by atoms with Crippen LogP contribution in [0.5, 0.6) is 0 Å². The molecule has 0 aromatic heterocycles. The summed E-state index contributed by atoms with van der Waals surface area (Å²) < 4.78 is 12.1. The molecule has 1 fully saturated rings. The minimum Gasteiger partial charge on any atom is -0.399 e. The molecular weight excluding hydrogens is 381 g/mol. The molecule has 158 valence electrons. The highest BCUT2D eigenvalue weighted by atomic mass is 16.7. The molecule has 2 aromatic rings. The van der Waals surface area contributed by atoms with Gasteiger partial charge in [-0.15, -0.1) is 0 Å². The van der Waals surface area contributed by atoms with Crippen molar-refractivity contribution < 1.29 is 18.9 Å². The number of nitrogens with two attached hydrogens (primary N) is 1. The lowest BCUT2D eigenvalue weighted by Gasteiger charge is -2.32. The van der Waals surface area contributed by atoms with Crippen LogP contribution in [0.3, 0.4) is 0 Å². The number of hydrogen-bond donors (Lipinski definition) is 3. The second kappa shape index (κ2) is 7.77. The number of carbonyl (C=O) groups excluding carboxylic acids is 2. The van der Waals surface area contributed by atoms with Crippen LogP contribution in [0.4, 0.5) is 16.2 Å². The Hall–Kier alpha value is -2.84. The molecule has 0 radical (unpaired) electrons. The van der Waals surface area contributed by atoms with Gasteiger partial charge in [-0.25, -0.2) is 4.79 Å². The van der Waals surface area contributed by atoms with Crippen LogP contribution in [0, 0.1) is 13.8 Å². The van der Waals surface area contributed by atoms with Gasteiger partial charge in [-0.1, -0.05) is 12.1 Å². The first-order valence-corrected chi connectivity index (χ1v) is 9.85. The minimum absolute atomic E-state index is 0.382. The lowest BCUT2D eigenvalue weighted by atomic mass is 9.79. The molecular formula is C22H28BN3O4. The Morgan fingerprint density at radius 1 is 0.867 bits per heavy atom. The van der Waals surface area contributed by atoms with Crippen LogP contribution in [-0.2, 0) is 9.31 Å². The third-order valence-corrected chi connectivity index (χ3v) is 5.99. The highest BCUT2D eigenvalue weighted by Gasteiger charge is 2.51. The normalized spacial score (nSPS) is 16.9. The van der Waals surface area contributed by atoms with Gasteiger partial charge in [0.05, 0.1) is 11.2 Å². The molecule has 0 bridgehead atoms. The summed E-state index contributed by atoms with van der Waals surface area (Å²) in [6.45, 7) is 11.7. The predicted octanol–water partition coefficient (Wildman–Crippen LogP) is 3.35. The topological polar surface area (TPSA) is 103 Å². The average molecular weight is 409 g/mol. The summed E-state index contributed by atoms with van der Waals surface area (Å²) in [5, 5.41) is 5.61. The van der Waals surface area contributed by atoms with Crippen LogP contribution in [0.15, 0.2) is 36.4 Å². The number of hydrogen-bond acceptors (Lipinski definition) is 4. The van der Waals surface area contributed by atoms with Gasteiger partial charge in [0.1, 0.15) is 0 Å². The zero-order valence-corrected chi connectivity index (χ0v) is 18.3. The molecule has 3 amide bonds. The number of amides is 3. The first-order chi connectivity index (χ1) is 13.9. The lowest BCUT2D eigenvalue weighted by molar-refractivity contribution is 0.00578. The number of rotatable bonds is 4. The number of carbonyl (C=O) groups is 2. The molecule has 30 heavy (non-hydrogen) atoms. The minimum atomic E-state index is -0.492. The Kier molecular flexibility index (Phi) is 5.67. The molecule has 0 aliphatic carbocycles. The fourth-order valence-corrected chi connectivity index (χ4v) is 3.21. The highest BCUT2D eigenvalue weighted by Crippen LogP contribution is 2.36. The van der Waals surface area contributed by atoms with Gasteiger partial charge in [0.25, 0.3) is 0 Å². The third-order valence-electron chi connectivity index (χ3n) is 5.99. The van der Waals surface area contributed by atoms with Crippen molar-refractivity contribution in [1.29, 1.82) is 0 Å². The fourth-order valence-electron chi connectivity index (χ4n) is 3.21. The largest absolute Gasteiger partial charge is 0.494 e. The molecule has 8 heteroatoms. The number of nitrogens with one attached hydrogen (secondary N) is 2. The Balaban J connectivity index is 1.66. The Labute approximate surface area is 177 Å². The van der Waals surface area contributed by atoms with E-state index < -0.39 is 24.2 Å². The van der Waals surface area contributed by atoms with Crippen LogP contribution in [-0.4, -0.2) is 30.3 Å². The Morgan fingerprint density at radius 2 is 1.43 bits per heavy atom. The van der Waals surface area contributed by atoms with E-state index in [0.29, 0.717) is 16.9 Å². The number of primary amides is 1. The van der Waals surface area contributed by atoms with Crippen LogP contribution >= 0.6 is 0 Å². The number of anilines is 2. The van der Waals surface area contributed by atoms with Crippen molar-refractivity contribution in [2.75, 3.05) is 10.6 Å². The standard InChI is InChI=1S/C22H28BN3O4/c1-13-14(2)18(12-11-17(13)19(24)27)26-20(28)25-16-9-7-15(8-10-16)23-29-21(3,4)22(5,6)30-23/h7-12H,1-6H3,(H2,24,27)(H2,25,26,28). The summed E-state index contributed by atoms with van der Waals surface area (Å²) in [4.78, 5) is 23.9. The summed E-state index contributed by atoms with van der Waals surface area (Å²) in [7, 11) is -0.452. The van der Waals surface area contributed by atoms with E-state index in [1.807, 2.05) is 46.8 Å². The molecule has 1 heterocycles. The van der Waals surface area contributed by atoms with Crippen LogP contribution in [0.2, 0.25) is 0 Å². The zero-order valence-electron chi connectivity index (χ0n) is 18.3. The predicted molar refractivity (Wildman–Crippen MR) is 119 cm³/mol. The van der Waals surface area contributed by atoms with E-state index in [1.165, 1.54) is 0 Å². The van der Waals surface area contributed by atoms with Crippen LogP contribution in [0.1, 0.15) is 49.2 Å². The van der Waals surface area contributed by atoms with E-state index >= 15 is 0 Å². The molecule has 0 saturated carbocycles. The second-order valence-corrected chi connectivity index (χ2v) is 8.56. The molecule has 2 aromatic carbocycles. The second-order valence-electron chi connectivity index (χ2n) is 8.56. The molecule has 7 nitrogen and oxygen atoms in total. The number of urea groups is 1. The van der Waals surface area contributed by atoms with Gasteiger partial charge in [-0.2, -0.15) is 0 Å². The van der Waals surface area contributed by atoms with Gasteiger partial charge < -0.3 is 25.7 Å². The van der Waals surface area contributed by atoms with Crippen molar-refractivity contribution in [2.45, 2.75) is 52.7 Å². The maximum Gasteiger partial charge on any atom is 0.494 e. The van der Waals surface area contributed by atoms with Gasteiger partial charge in [0, 0.05) is 16.9 Å². The number of benzene rings is 2. The van der Waals surface area contributed by atoms with Crippen molar-refractivity contribution >= 4 is 35.9 Å². The van der Waals surface area contributed by atoms with Crippen molar-refractivity contribution in [2.24, 2.45) is 5.73 Å². The van der Waals surface area contributed by atoms with Crippen molar-refractivity contribution in [3.8, 4) is 0 Å². The van der Waals surface area contributed by atoms with E-state index in [-0.39, 0.29) is 6.03 Å². The van der Waals surface area contributed by atoms with Crippen molar-refractivity contribution in [3.63, 3.8) is 0 Å². The van der Waals surface area contributed by atoms with E-state index in [2.05, 4.69) is 10.6 Å². The van der Waals surface area contributed by atoms with Gasteiger partial charge in [0.15, 0.2) is 0 Å². The maximum absolute atomic E-state index is 12.4. The molecule has 4 N–H and O–H groups in total. The van der Waals surface area contributed by atoms with Crippen LogP contribution < -0.4 is 21.8 Å². The summed E-state index contributed by atoms with van der Waals surface area (Å²) >= 11 is 0. The molecule has 3 rings (SSSR count). The first-order valence-electron chi connectivity index (χ1n) is 9.85. The SMILES string of the molecule is Cc1c(NC(=O)Nc2ccc(B3OC(C)(C)C(C)(C)O3)cc2)ccc(C(N)=O)c1C. The molecule has 1 saturated heterocycles. The van der Waals surface area contributed by atoms with Crippen molar-refractivity contribution in [3.05, 3.63) is 53.1 Å². The summed E-state index contributed by atoms with van der Waals surface area (Å²) in [5.41, 5.74) is 8.66. The third kappa shape index (κ3) is 4.20. The molecule has 1 aliphatic rings.